The first-order valence-electron chi connectivity index (χ1n) is 11.0. The lowest BCUT2D eigenvalue weighted by Crippen LogP contribution is -2.27. The zero-order valence-electron chi connectivity index (χ0n) is 19.3. The number of anilines is 1. The average molecular weight is 476 g/mol. The summed E-state index contributed by atoms with van der Waals surface area (Å²) < 4.78 is 6.45. The molecule has 7 nitrogen and oxygen atoms in total. The fraction of sp³-hybridized carbons (Fsp3) is 0.231. The van der Waals surface area contributed by atoms with Crippen molar-refractivity contribution < 1.29 is 14.3 Å². The van der Waals surface area contributed by atoms with E-state index in [-0.39, 0.29) is 12.1 Å². The quantitative estimate of drug-likeness (QED) is 0.382. The topological polar surface area (TPSA) is 90.3 Å². The molecule has 0 atom stereocenters. The molecule has 2 aromatic carbocycles. The lowest BCUT2D eigenvalue weighted by atomic mass is 10.0. The van der Waals surface area contributed by atoms with Crippen LogP contribution in [0.2, 0.25) is 0 Å². The minimum atomic E-state index is -0.444. The second kappa shape index (κ2) is 10.0. The van der Waals surface area contributed by atoms with E-state index in [1.54, 1.807) is 24.3 Å². The molecule has 0 aliphatic carbocycles. The molecule has 2 aromatic heterocycles. The minimum absolute atomic E-state index is 0.200. The second-order valence-electron chi connectivity index (χ2n) is 8.02. The predicted molar refractivity (Wildman–Crippen MR) is 134 cm³/mol. The normalized spacial score (nSPS) is 10.9. The van der Waals surface area contributed by atoms with Crippen molar-refractivity contribution in [2.45, 2.75) is 33.7 Å². The highest BCUT2D eigenvalue weighted by atomic mass is 32.1. The van der Waals surface area contributed by atoms with Crippen molar-refractivity contribution in [2.24, 2.45) is 0 Å². The Morgan fingerprint density at radius 2 is 1.88 bits per heavy atom. The first kappa shape index (κ1) is 23.4. The van der Waals surface area contributed by atoms with Gasteiger partial charge >= 0.3 is 5.97 Å². The zero-order chi connectivity index (χ0) is 24.2. The van der Waals surface area contributed by atoms with Crippen molar-refractivity contribution in [2.75, 3.05) is 11.9 Å². The van der Waals surface area contributed by atoms with Crippen LogP contribution in [0, 0.1) is 13.8 Å². The van der Waals surface area contributed by atoms with E-state index in [2.05, 4.69) is 10.3 Å². The number of hydrogen-bond acceptors (Lipinski definition) is 6. The summed E-state index contributed by atoms with van der Waals surface area (Å²) in [5.74, 6) is -0.841. The Hall–Kier alpha value is -3.78. The Kier molecular flexibility index (Phi) is 6.88. The van der Waals surface area contributed by atoms with Crippen LogP contribution in [0.15, 0.2) is 59.7 Å². The Morgan fingerprint density at radius 1 is 1.12 bits per heavy atom. The molecular formula is C26H25N3O4S. The molecule has 0 aliphatic rings. The Bertz CT molecular complexity index is 1420. The molecule has 1 N–H and O–H groups in total. The first-order valence-corrected chi connectivity index (χ1v) is 11.8. The summed E-state index contributed by atoms with van der Waals surface area (Å²) in [6.45, 7) is 6.03. The van der Waals surface area contributed by atoms with Crippen LogP contribution in [-0.2, 0) is 16.1 Å². The standard InChI is InChI=1S/C26H25N3O4S/c1-4-12-33-26(32)19-6-5-7-20(13-19)28-21(30)14-29-15-27-24-23(25(29)31)22(17(3)34-24)18-10-8-16(2)9-11-18/h5-11,13,15H,4,12,14H2,1-3H3,(H,28,30). The highest BCUT2D eigenvalue weighted by Gasteiger charge is 2.18. The van der Waals surface area contributed by atoms with Gasteiger partial charge in [0.2, 0.25) is 5.91 Å². The Balaban J connectivity index is 1.58. The third-order valence-electron chi connectivity index (χ3n) is 5.33. The molecular weight excluding hydrogens is 450 g/mol. The monoisotopic (exact) mass is 475 g/mol. The van der Waals surface area contributed by atoms with E-state index >= 15 is 0 Å². The molecule has 0 spiro atoms. The van der Waals surface area contributed by atoms with Crippen LogP contribution in [0.3, 0.4) is 0 Å². The highest BCUT2D eigenvalue weighted by Crippen LogP contribution is 2.35. The van der Waals surface area contributed by atoms with Crippen molar-refractivity contribution in [1.82, 2.24) is 9.55 Å². The molecule has 0 unspecified atom stereocenters. The molecule has 1 amide bonds. The molecule has 2 heterocycles. The molecule has 0 radical (unpaired) electrons. The van der Waals surface area contributed by atoms with Gasteiger partial charge in [-0.05, 0) is 44.0 Å². The third-order valence-corrected chi connectivity index (χ3v) is 6.34. The van der Waals surface area contributed by atoms with E-state index in [0.717, 1.165) is 28.0 Å². The number of benzene rings is 2. The molecule has 4 rings (SSSR count). The van der Waals surface area contributed by atoms with Gasteiger partial charge in [0.15, 0.2) is 0 Å². The molecule has 8 heteroatoms. The number of carbonyl (C=O) groups excluding carboxylic acids is 2. The van der Waals surface area contributed by atoms with Gasteiger partial charge in [0, 0.05) is 16.1 Å². The van der Waals surface area contributed by atoms with E-state index in [1.807, 2.05) is 45.0 Å². The maximum Gasteiger partial charge on any atom is 0.338 e. The lowest BCUT2D eigenvalue weighted by molar-refractivity contribution is -0.116. The summed E-state index contributed by atoms with van der Waals surface area (Å²) in [6.07, 6.45) is 2.13. The van der Waals surface area contributed by atoms with Gasteiger partial charge in [0.05, 0.1) is 23.9 Å². The van der Waals surface area contributed by atoms with Crippen LogP contribution in [0.1, 0.15) is 34.1 Å². The number of rotatable bonds is 7. The summed E-state index contributed by atoms with van der Waals surface area (Å²) in [4.78, 5) is 44.2. The summed E-state index contributed by atoms with van der Waals surface area (Å²) in [7, 11) is 0. The van der Waals surface area contributed by atoms with Crippen LogP contribution in [0.25, 0.3) is 21.3 Å². The number of thiophene rings is 1. The molecule has 0 saturated heterocycles. The second-order valence-corrected chi connectivity index (χ2v) is 9.23. The van der Waals surface area contributed by atoms with Crippen molar-refractivity contribution >= 4 is 39.1 Å². The van der Waals surface area contributed by atoms with Gasteiger partial charge in [0.1, 0.15) is 11.4 Å². The molecule has 4 aromatic rings. The van der Waals surface area contributed by atoms with E-state index in [1.165, 1.54) is 22.2 Å². The van der Waals surface area contributed by atoms with E-state index < -0.39 is 11.9 Å². The smallest absolute Gasteiger partial charge is 0.338 e. The molecule has 0 saturated carbocycles. The van der Waals surface area contributed by atoms with Gasteiger partial charge in [-0.3, -0.25) is 14.2 Å². The average Bonchev–Trinajstić information content (AvgIpc) is 3.16. The number of ether oxygens (including phenoxy) is 1. The number of esters is 1. The van der Waals surface area contributed by atoms with Gasteiger partial charge in [-0.25, -0.2) is 9.78 Å². The summed E-state index contributed by atoms with van der Waals surface area (Å²) in [5.41, 5.74) is 3.47. The fourth-order valence-corrected chi connectivity index (χ4v) is 4.68. The third kappa shape index (κ3) is 4.92. The number of aromatic nitrogens is 2. The highest BCUT2D eigenvalue weighted by molar-refractivity contribution is 7.19. The SMILES string of the molecule is CCCOC(=O)c1cccc(NC(=O)Cn2cnc3sc(C)c(-c4ccc(C)cc4)c3c2=O)c1. The predicted octanol–water partition coefficient (Wildman–Crippen LogP) is 4.95. The molecule has 0 bridgehead atoms. The number of fused-ring (bicyclic) bond motifs is 1. The number of nitrogens with zero attached hydrogens (tertiary/aromatic N) is 2. The molecule has 174 valence electrons. The number of amides is 1. The molecule has 34 heavy (non-hydrogen) atoms. The maximum atomic E-state index is 13.3. The lowest BCUT2D eigenvalue weighted by Gasteiger charge is -2.09. The largest absolute Gasteiger partial charge is 0.462 e. The van der Waals surface area contributed by atoms with Gasteiger partial charge in [0.25, 0.3) is 5.56 Å². The van der Waals surface area contributed by atoms with Crippen LogP contribution in [0.5, 0.6) is 0 Å². The number of hydrogen-bond donors (Lipinski definition) is 1. The fourth-order valence-electron chi connectivity index (χ4n) is 3.68. The number of carbonyl (C=O) groups is 2. The zero-order valence-corrected chi connectivity index (χ0v) is 20.1. The van der Waals surface area contributed by atoms with Crippen molar-refractivity contribution in [3.63, 3.8) is 0 Å². The Morgan fingerprint density at radius 3 is 2.62 bits per heavy atom. The summed E-state index contributed by atoms with van der Waals surface area (Å²) >= 11 is 1.46. The maximum absolute atomic E-state index is 13.3. The van der Waals surface area contributed by atoms with E-state index in [4.69, 9.17) is 4.74 Å². The van der Waals surface area contributed by atoms with Crippen LogP contribution < -0.4 is 10.9 Å². The van der Waals surface area contributed by atoms with Gasteiger partial charge in [-0.15, -0.1) is 11.3 Å². The number of nitrogens with one attached hydrogen (secondary N) is 1. The van der Waals surface area contributed by atoms with Gasteiger partial charge in [-0.1, -0.05) is 42.8 Å². The first-order chi connectivity index (χ1) is 16.4. The minimum Gasteiger partial charge on any atom is -0.462 e. The van der Waals surface area contributed by atoms with Crippen molar-refractivity contribution in [1.29, 1.82) is 0 Å². The molecule has 0 aliphatic heterocycles. The van der Waals surface area contributed by atoms with E-state index in [9.17, 15) is 14.4 Å². The number of aryl methyl sites for hydroxylation is 2. The van der Waals surface area contributed by atoms with Crippen LogP contribution in [0.4, 0.5) is 5.69 Å². The molecule has 0 fully saturated rings. The summed E-state index contributed by atoms with van der Waals surface area (Å²) in [6, 6.07) is 14.5. The van der Waals surface area contributed by atoms with E-state index in [0.29, 0.717) is 28.1 Å². The Labute approximate surface area is 201 Å². The van der Waals surface area contributed by atoms with Gasteiger partial charge in [-0.2, -0.15) is 0 Å². The van der Waals surface area contributed by atoms with Crippen LogP contribution >= 0.6 is 11.3 Å². The van der Waals surface area contributed by atoms with Crippen molar-refractivity contribution in [3.05, 3.63) is 81.2 Å². The summed E-state index contributed by atoms with van der Waals surface area (Å²) in [5, 5.41) is 3.26. The van der Waals surface area contributed by atoms with Crippen LogP contribution in [-0.4, -0.2) is 28.0 Å². The van der Waals surface area contributed by atoms with Gasteiger partial charge < -0.3 is 10.1 Å². The van der Waals surface area contributed by atoms with Crippen molar-refractivity contribution in [3.8, 4) is 11.1 Å².